The number of rotatable bonds is 7. The molecule has 0 radical (unpaired) electrons. The Bertz CT molecular complexity index is 1180. The molecule has 154 valence electrons. The molecule has 4 aromatic rings. The summed E-state index contributed by atoms with van der Waals surface area (Å²) in [6.45, 7) is 0. The number of thioether (sulfide) groups is 1. The first kappa shape index (κ1) is 20.4. The van der Waals surface area contributed by atoms with E-state index in [-0.39, 0.29) is 17.0 Å². The Labute approximate surface area is 182 Å². The predicted octanol–water partition coefficient (Wildman–Crippen LogP) is 5.31. The summed E-state index contributed by atoms with van der Waals surface area (Å²) in [4.78, 5) is 26.9. The highest BCUT2D eigenvalue weighted by Gasteiger charge is 2.20. The number of nitro groups is 1. The van der Waals surface area contributed by atoms with Crippen LogP contribution in [0.4, 0.5) is 5.69 Å². The third kappa shape index (κ3) is 4.49. The van der Waals surface area contributed by atoms with Crippen molar-refractivity contribution in [2.75, 3.05) is 0 Å². The number of aromatic nitrogens is 1. The number of nitrogens with two attached hydrogens (primary N) is 1. The Morgan fingerprint density at radius 1 is 1.00 bits per heavy atom. The van der Waals surface area contributed by atoms with Gasteiger partial charge in [0, 0.05) is 34.1 Å². The van der Waals surface area contributed by atoms with Crippen molar-refractivity contribution < 1.29 is 14.1 Å². The summed E-state index contributed by atoms with van der Waals surface area (Å²) < 4.78 is 6.05. The van der Waals surface area contributed by atoms with Gasteiger partial charge < -0.3 is 10.2 Å². The van der Waals surface area contributed by atoms with Crippen molar-refractivity contribution in [3.63, 3.8) is 0 Å². The van der Waals surface area contributed by atoms with Crippen molar-refractivity contribution in [2.45, 2.75) is 11.0 Å². The summed E-state index contributed by atoms with van der Waals surface area (Å²) >= 11 is 1.25. The number of nitro benzene ring substituents is 1. The maximum Gasteiger partial charge on any atom is 0.274 e. The second-order valence-corrected chi connectivity index (χ2v) is 7.57. The van der Waals surface area contributed by atoms with Crippen LogP contribution in [-0.2, 0) is 5.75 Å². The van der Waals surface area contributed by atoms with E-state index in [9.17, 15) is 14.9 Å². The van der Waals surface area contributed by atoms with Crippen molar-refractivity contribution in [1.82, 2.24) is 4.98 Å². The van der Waals surface area contributed by atoms with Gasteiger partial charge in [-0.2, -0.15) is 0 Å². The van der Waals surface area contributed by atoms with Gasteiger partial charge in [-0.05, 0) is 6.07 Å². The van der Waals surface area contributed by atoms with Gasteiger partial charge >= 0.3 is 0 Å². The lowest BCUT2D eigenvalue weighted by Gasteiger charge is -2.03. The van der Waals surface area contributed by atoms with Crippen LogP contribution in [0.25, 0.3) is 22.6 Å². The van der Waals surface area contributed by atoms with Crippen LogP contribution in [0.2, 0.25) is 0 Å². The molecule has 0 aliphatic carbocycles. The Morgan fingerprint density at radius 3 is 2.26 bits per heavy atom. The molecule has 1 aromatic heterocycles. The molecule has 0 aliphatic rings. The zero-order valence-corrected chi connectivity index (χ0v) is 17.0. The van der Waals surface area contributed by atoms with Crippen molar-refractivity contribution in [1.29, 1.82) is 0 Å². The number of hydrogen-bond donors (Lipinski definition) is 1. The minimum Gasteiger partial charge on any atom is -0.431 e. The van der Waals surface area contributed by atoms with Gasteiger partial charge in [-0.1, -0.05) is 78.5 Å². The topological polar surface area (TPSA) is 112 Å². The highest BCUT2D eigenvalue weighted by atomic mass is 32.2. The van der Waals surface area contributed by atoms with Crippen molar-refractivity contribution in [3.05, 3.63) is 100 Å². The van der Waals surface area contributed by atoms with Gasteiger partial charge in [-0.3, -0.25) is 14.9 Å². The Morgan fingerprint density at radius 2 is 1.65 bits per heavy atom. The average Bonchev–Trinajstić information content (AvgIpc) is 3.23. The number of carbonyl (C=O) groups excluding carboxylic acids is 1. The van der Waals surface area contributed by atoms with Gasteiger partial charge in [0.1, 0.15) is 5.69 Å². The molecule has 7 nitrogen and oxygen atoms in total. The lowest BCUT2D eigenvalue weighted by molar-refractivity contribution is -0.385. The summed E-state index contributed by atoms with van der Waals surface area (Å²) in [6.07, 6.45) is 0. The fourth-order valence-electron chi connectivity index (χ4n) is 3.09. The summed E-state index contributed by atoms with van der Waals surface area (Å²) in [5.74, 6) is 0.168. The fraction of sp³-hybridized carbons (Fsp3) is 0.0435. The first-order valence-electron chi connectivity index (χ1n) is 9.34. The lowest BCUT2D eigenvalue weighted by Crippen LogP contribution is -2.11. The molecule has 0 spiro atoms. The van der Waals surface area contributed by atoms with E-state index in [2.05, 4.69) is 4.98 Å². The largest absolute Gasteiger partial charge is 0.431 e. The molecule has 2 N–H and O–H groups in total. The summed E-state index contributed by atoms with van der Waals surface area (Å²) in [6, 6.07) is 23.5. The van der Waals surface area contributed by atoms with Crippen LogP contribution in [0.3, 0.4) is 0 Å². The van der Waals surface area contributed by atoms with Crippen LogP contribution >= 0.6 is 11.8 Å². The lowest BCUT2D eigenvalue weighted by atomic mass is 10.1. The predicted molar refractivity (Wildman–Crippen MR) is 119 cm³/mol. The minimum absolute atomic E-state index is 0.0919. The van der Waals surface area contributed by atoms with E-state index < -0.39 is 10.8 Å². The third-order valence-electron chi connectivity index (χ3n) is 4.61. The van der Waals surface area contributed by atoms with Gasteiger partial charge in [0.25, 0.3) is 10.9 Å². The number of hydrogen-bond acceptors (Lipinski definition) is 6. The number of nitrogens with zero attached hydrogens (tertiary/aromatic N) is 2. The van der Waals surface area contributed by atoms with Gasteiger partial charge in [0.15, 0.2) is 5.76 Å². The molecule has 0 saturated heterocycles. The first-order chi connectivity index (χ1) is 15.0. The van der Waals surface area contributed by atoms with Gasteiger partial charge in [-0.25, -0.2) is 4.98 Å². The quantitative estimate of drug-likeness (QED) is 0.241. The van der Waals surface area contributed by atoms with E-state index in [1.807, 2.05) is 60.7 Å². The molecule has 0 saturated carbocycles. The number of primary amides is 1. The molecular formula is C23H17N3O4S. The molecule has 8 heteroatoms. The van der Waals surface area contributed by atoms with Crippen LogP contribution in [0.15, 0.2) is 88.5 Å². The second-order valence-electron chi connectivity index (χ2n) is 6.64. The van der Waals surface area contributed by atoms with Gasteiger partial charge in [-0.15, -0.1) is 0 Å². The molecule has 1 heterocycles. The smallest absolute Gasteiger partial charge is 0.274 e. The summed E-state index contributed by atoms with van der Waals surface area (Å²) in [5.41, 5.74) is 8.11. The van der Waals surface area contributed by atoms with Gasteiger partial charge in [0.05, 0.1) is 4.92 Å². The van der Waals surface area contributed by atoms with Crippen molar-refractivity contribution >= 4 is 23.4 Å². The molecule has 1 amide bonds. The van der Waals surface area contributed by atoms with E-state index in [1.165, 1.54) is 30.0 Å². The second kappa shape index (κ2) is 8.85. The standard InChI is InChI=1S/C23H17N3O4S/c24-22(27)17-11-12-18(19(13-17)26(28)29)14-31-23-25-20(15-7-3-1-4-8-15)21(30-23)16-9-5-2-6-10-16/h1-13H,14H2,(H2,24,27). The molecule has 0 atom stereocenters. The minimum atomic E-state index is -0.713. The number of oxazole rings is 1. The SMILES string of the molecule is NC(=O)c1ccc(CSc2nc(-c3ccccc3)c(-c3ccccc3)o2)c([N+](=O)[O-])c1. The number of amides is 1. The van der Waals surface area contributed by atoms with Crippen LogP contribution in [-0.4, -0.2) is 15.8 Å². The Balaban J connectivity index is 1.67. The summed E-state index contributed by atoms with van der Waals surface area (Å²) in [5, 5.41) is 11.8. The molecule has 3 aromatic carbocycles. The molecule has 4 rings (SSSR count). The molecule has 31 heavy (non-hydrogen) atoms. The molecule has 0 aliphatic heterocycles. The van der Waals surface area contributed by atoms with E-state index in [4.69, 9.17) is 10.2 Å². The molecule has 0 unspecified atom stereocenters. The third-order valence-corrected chi connectivity index (χ3v) is 5.49. The van der Waals surface area contributed by atoms with Crippen molar-refractivity contribution in [2.24, 2.45) is 5.73 Å². The zero-order valence-electron chi connectivity index (χ0n) is 16.2. The van der Waals surface area contributed by atoms with Crippen LogP contribution in [0.1, 0.15) is 15.9 Å². The highest BCUT2D eigenvalue weighted by molar-refractivity contribution is 7.98. The number of benzene rings is 3. The Hall–Kier alpha value is -3.91. The zero-order chi connectivity index (χ0) is 21.8. The Kier molecular flexibility index (Phi) is 5.81. The van der Waals surface area contributed by atoms with Crippen LogP contribution in [0.5, 0.6) is 0 Å². The van der Waals surface area contributed by atoms with Crippen LogP contribution in [0, 0.1) is 10.1 Å². The maximum atomic E-state index is 11.4. The first-order valence-corrected chi connectivity index (χ1v) is 10.3. The molecule has 0 fully saturated rings. The fourth-order valence-corrected chi connectivity index (χ4v) is 3.91. The normalized spacial score (nSPS) is 10.7. The van der Waals surface area contributed by atoms with E-state index in [0.29, 0.717) is 22.2 Å². The van der Waals surface area contributed by atoms with Crippen LogP contribution < -0.4 is 5.73 Å². The van der Waals surface area contributed by atoms with E-state index in [0.717, 1.165) is 11.1 Å². The maximum absolute atomic E-state index is 11.4. The molecule has 0 bridgehead atoms. The molecular weight excluding hydrogens is 414 g/mol. The average molecular weight is 431 g/mol. The monoisotopic (exact) mass is 431 g/mol. The summed E-state index contributed by atoms with van der Waals surface area (Å²) in [7, 11) is 0. The van der Waals surface area contributed by atoms with Gasteiger partial charge in [0.2, 0.25) is 5.91 Å². The van der Waals surface area contributed by atoms with E-state index in [1.54, 1.807) is 0 Å². The van der Waals surface area contributed by atoms with E-state index >= 15 is 0 Å². The highest BCUT2D eigenvalue weighted by Crippen LogP contribution is 2.37. The number of carbonyl (C=O) groups is 1. The van der Waals surface area contributed by atoms with Crippen molar-refractivity contribution in [3.8, 4) is 22.6 Å².